The Hall–Kier alpha value is -2.42. The van der Waals surface area contributed by atoms with E-state index in [2.05, 4.69) is 15.4 Å². The zero-order valence-electron chi connectivity index (χ0n) is 14.9. The van der Waals surface area contributed by atoms with E-state index in [4.69, 9.17) is 4.74 Å². The maximum atomic E-state index is 12.4. The third-order valence-corrected chi connectivity index (χ3v) is 4.42. The summed E-state index contributed by atoms with van der Waals surface area (Å²) in [5, 5.41) is 7.31. The van der Waals surface area contributed by atoms with Crippen molar-refractivity contribution in [2.24, 2.45) is 0 Å². The molecule has 0 saturated carbocycles. The van der Waals surface area contributed by atoms with Crippen molar-refractivity contribution in [2.75, 3.05) is 7.11 Å². The van der Waals surface area contributed by atoms with E-state index >= 15 is 0 Å². The van der Waals surface area contributed by atoms with Crippen molar-refractivity contribution in [2.45, 2.75) is 51.1 Å². The monoisotopic (exact) mass is 382 g/mol. The highest BCUT2D eigenvalue weighted by Gasteiger charge is 2.26. The van der Waals surface area contributed by atoms with E-state index in [0.29, 0.717) is 36.5 Å². The molecule has 1 N–H and O–H groups in total. The molecule has 0 bridgehead atoms. The van der Waals surface area contributed by atoms with Crippen LogP contribution in [0.5, 0.6) is 0 Å². The highest BCUT2D eigenvalue weighted by Crippen LogP contribution is 2.22. The molecular weight excluding hydrogens is 361 g/mol. The molecule has 146 valence electrons. The molecule has 1 aromatic carbocycles. The van der Waals surface area contributed by atoms with E-state index in [1.807, 2.05) is 0 Å². The summed E-state index contributed by atoms with van der Waals surface area (Å²) in [6.07, 6.45) is -3.68. The van der Waals surface area contributed by atoms with Crippen molar-refractivity contribution in [1.29, 1.82) is 0 Å². The largest absolute Gasteiger partial charge is 0.389 e. The second kappa shape index (κ2) is 8.08. The number of fused-ring (bicyclic) bond motifs is 1. The van der Waals surface area contributed by atoms with Crippen LogP contribution in [-0.2, 0) is 30.7 Å². The number of hydrogen-bond donors (Lipinski definition) is 1. The molecule has 27 heavy (non-hydrogen) atoms. The Morgan fingerprint density at radius 1 is 1.33 bits per heavy atom. The number of ether oxygens (including phenoxy) is 1. The lowest BCUT2D eigenvalue weighted by Gasteiger charge is -2.23. The van der Waals surface area contributed by atoms with Crippen LogP contribution in [0.3, 0.4) is 0 Å². The van der Waals surface area contributed by atoms with E-state index in [1.165, 1.54) is 0 Å². The normalized spacial score (nSPS) is 16.8. The quantitative estimate of drug-likeness (QED) is 0.834. The Kier molecular flexibility index (Phi) is 5.79. The van der Waals surface area contributed by atoms with Gasteiger partial charge in [0, 0.05) is 31.6 Å². The third kappa shape index (κ3) is 5.29. The highest BCUT2D eigenvalue weighted by atomic mass is 19.4. The number of methoxy groups -OCH3 is 1. The fraction of sp³-hybridized carbons (Fsp3) is 0.500. The topological polar surface area (TPSA) is 69.0 Å². The molecule has 0 spiro atoms. The summed E-state index contributed by atoms with van der Waals surface area (Å²) >= 11 is 0. The minimum Gasteiger partial charge on any atom is -0.377 e. The van der Waals surface area contributed by atoms with Gasteiger partial charge < -0.3 is 10.1 Å². The number of nitrogens with zero attached hydrogens (tertiary/aromatic N) is 3. The second-order valence-corrected chi connectivity index (χ2v) is 6.58. The number of carbonyl (C=O) groups excluding carboxylic acids is 1. The number of aryl methyl sites for hydroxylation is 2. The Morgan fingerprint density at radius 2 is 2.07 bits per heavy atom. The van der Waals surface area contributed by atoms with E-state index in [-0.39, 0.29) is 18.4 Å². The van der Waals surface area contributed by atoms with Crippen LogP contribution in [0.4, 0.5) is 13.2 Å². The standard InChI is InChI=1S/C18H21F3N4O2/c1-27-11-15-23-16-7-6-14(10-25(16)24-15)22-17(26)13-4-2-12(3-5-13)8-9-18(19,20)21/h2-5,14H,6-11H2,1H3,(H,22,26). The lowest BCUT2D eigenvalue weighted by Crippen LogP contribution is -2.41. The van der Waals surface area contributed by atoms with Gasteiger partial charge in [0.2, 0.25) is 0 Å². The van der Waals surface area contributed by atoms with Crippen LogP contribution < -0.4 is 5.32 Å². The van der Waals surface area contributed by atoms with Crippen LogP contribution in [0.15, 0.2) is 24.3 Å². The van der Waals surface area contributed by atoms with Gasteiger partial charge in [-0.25, -0.2) is 9.67 Å². The number of amides is 1. The van der Waals surface area contributed by atoms with Crippen LogP contribution in [-0.4, -0.2) is 40.0 Å². The molecule has 6 nitrogen and oxygen atoms in total. The van der Waals surface area contributed by atoms with Gasteiger partial charge in [-0.05, 0) is 30.5 Å². The van der Waals surface area contributed by atoms with Gasteiger partial charge in [-0.2, -0.15) is 18.3 Å². The van der Waals surface area contributed by atoms with Gasteiger partial charge in [-0.1, -0.05) is 12.1 Å². The van der Waals surface area contributed by atoms with Crippen molar-refractivity contribution in [3.63, 3.8) is 0 Å². The Balaban J connectivity index is 1.55. The number of carbonyl (C=O) groups is 1. The minimum atomic E-state index is -4.18. The number of alkyl halides is 3. The van der Waals surface area contributed by atoms with E-state index in [1.54, 1.807) is 36.1 Å². The zero-order chi connectivity index (χ0) is 19.4. The molecule has 1 aliphatic heterocycles. The number of rotatable bonds is 6. The SMILES string of the molecule is COCc1nc2n(n1)CC(NC(=O)c1ccc(CCC(F)(F)F)cc1)CC2. The van der Waals surface area contributed by atoms with Gasteiger partial charge in [-0.3, -0.25) is 4.79 Å². The number of aromatic nitrogens is 3. The molecule has 1 aromatic heterocycles. The average Bonchev–Trinajstić information content (AvgIpc) is 3.02. The summed E-state index contributed by atoms with van der Waals surface area (Å²) < 4.78 is 43.6. The maximum Gasteiger partial charge on any atom is 0.389 e. The zero-order valence-corrected chi connectivity index (χ0v) is 14.9. The van der Waals surface area contributed by atoms with Crippen molar-refractivity contribution in [3.8, 4) is 0 Å². The summed E-state index contributed by atoms with van der Waals surface area (Å²) in [6.45, 7) is 0.874. The first-order valence-corrected chi connectivity index (χ1v) is 8.72. The Bertz CT molecular complexity index is 787. The highest BCUT2D eigenvalue weighted by molar-refractivity contribution is 5.94. The van der Waals surface area contributed by atoms with Gasteiger partial charge in [0.25, 0.3) is 5.91 Å². The van der Waals surface area contributed by atoms with Crippen molar-refractivity contribution in [3.05, 3.63) is 47.0 Å². The lowest BCUT2D eigenvalue weighted by atomic mass is 10.0. The molecule has 3 rings (SSSR count). The Morgan fingerprint density at radius 3 is 2.74 bits per heavy atom. The first-order valence-electron chi connectivity index (χ1n) is 8.72. The summed E-state index contributed by atoms with van der Waals surface area (Å²) in [5.41, 5.74) is 0.981. The molecule has 1 aliphatic rings. The third-order valence-electron chi connectivity index (χ3n) is 4.42. The average molecular weight is 382 g/mol. The van der Waals surface area contributed by atoms with Gasteiger partial charge >= 0.3 is 6.18 Å². The van der Waals surface area contributed by atoms with Crippen LogP contribution in [0.2, 0.25) is 0 Å². The molecule has 0 aliphatic carbocycles. The smallest absolute Gasteiger partial charge is 0.377 e. The van der Waals surface area contributed by atoms with E-state index < -0.39 is 12.6 Å². The number of halogens is 3. The number of benzene rings is 1. The molecule has 0 fully saturated rings. The summed E-state index contributed by atoms with van der Waals surface area (Å²) in [4.78, 5) is 16.8. The summed E-state index contributed by atoms with van der Waals surface area (Å²) in [6, 6.07) is 6.16. The van der Waals surface area contributed by atoms with Gasteiger partial charge in [-0.15, -0.1) is 0 Å². The lowest BCUT2D eigenvalue weighted by molar-refractivity contribution is -0.134. The predicted molar refractivity (Wildman–Crippen MR) is 91.1 cm³/mol. The Labute approximate surface area is 154 Å². The van der Waals surface area contributed by atoms with Crippen molar-refractivity contribution >= 4 is 5.91 Å². The molecule has 2 heterocycles. The van der Waals surface area contributed by atoms with Crippen LogP contribution in [0.25, 0.3) is 0 Å². The van der Waals surface area contributed by atoms with Crippen molar-refractivity contribution in [1.82, 2.24) is 20.1 Å². The molecule has 1 unspecified atom stereocenters. The summed E-state index contributed by atoms with van der Waals surface area (Å²) in [5.74, 6) is 1.25. The first-order chi connectivity index (χ1) is 12.8. The van der Waals surface area contributed by atoms with Crippen LogP contribution >= 0.6 is 0 Å². The fourth-order valence-electron chi connectivity index (χ4n) is 3.05. The van der Waals surface area contributed by atoms with E-state index in [9.17, 15) is 18.0 Å². The first kappa shape index (κ1) is 19.3. The van der Waals surface area contributed by atoms with Crippen LogP contribution in [0, 0.1) is 0 Å². The maximum absolute atomic E-state index is 12.4. The molecule has 0 saturated heterocycles. The molecule has 2 aromatic rings. The predicted octanol–water partition coefficient (Wildman–Crippen LogP) is 2.66. The molecule has 0 radical (unpaired) electrons. The van der Waals surface area contributed by atoms with Gasteiger partial charge in [0.05, 0.1) is 6.54 Å². The van der Waals surface area contributed by atoms with Crippen molar-refractivity contribution < 1.29 is 22.7 Å². The molecular formula is C18H21F3N4O2. The number of hydrogen-bond acceptors (Lipinski definition) is 4. The molecule has 1 atom stereocenters. The minimum absolute atomic E-state index is 0.0769. The van der Waals surface area contributed by atoms with Gasteiger partial charge in [0.15, 0.2) is 5.82 Å². The van der Waals surface area contributed by atoms with Crippen LogP contribution in [0.1, 0.15) is 40.4 Å². The fourth-order valence-corrected chi connectivity index (χ4v) is 3.05. The second-order valence-electron chi connectivity index (χ2n) is 6.58. The summed E-state index contributed by atoms with van der Waals surface area (Å²) in [7, 11) is 1.58. The molecule has 9 heteroatoms. The number of nitrogens with one attached hydrogen (secondary N) is 1. The molecule has 1 amide bonds. The van der Waals surface area contributed by atoms with E-state index in [0.717, 1.165) is 12.2 Å². The van der Waals surface area contributed by atoms with Gasteiger partial charge in [0.1, 0.15) is 12.4 Å².